The number of benzene rings is 3. The SMILES string of the molecule is COc1ccc2nc(N3C(=O)C(=O)/C(=C(/O)c4ccc5c(c4)OCCO5)[C@H]3c3cccc([N+](=O)[O-])c3)sc2c1. The predicted molar refractivity (Wildman–Crippen MR) is 141 cm³/mol. The number of nitro benzene ring substituents is 1. The van der Waals surface area contributed by atoms with E-state index in [4.69, 9.17) is 14.2 Å². The van der Waals surface area contributed by atoms with Gasteiger partial charge in [0.05, 0.1) is 33.9 Å². The number of hydrogen-bond donors (Lipinski definition) is 1. The molecule has 12 heteroatoms. The Morgan fingerprint density at radius 1 is 1.10 bits per heavy atom. The third kappa shape index (κ3) is 4.10. The molecule has 1 atom stereocenters. The maximum Gasteiger partial charge on any atom is 0.301 e. The van der Waals surface area contributed by atoms with Gasteiger partial charge in [-0.25, -0.2) is 4.98 Å². The number of anilines is 1. The quantitative estimate of drug-likeness (QED) is 0.125. The Bertz CT molecular complexity index is 1710. The summed E-state index contributed by atoms with van der Waals surface area (Å²) in [7, 11) is 1.53. The number of hydrogen-bond acceptors (Lipinski definition) is 10. The fraction of sp³-hybridized carbons (Fsp3) is 0.148. The molecule has 1 aromatic heterocycles. The molecule has 4 aromatic rings. The minimum absolute atomic E-state index is 0.193. The summed E-state index contributed by atoms with van der Waals surface area (Å²) in [5, 5.41) is 23.2. The van der Waals surface area contributed by atoms with Gasteiger partial charge in [0, 0.05) is 17.7 Å². The van der Waals surface area contributed by atoms with Crippen LogP contribution < -0.4 is 19.1 Å². The molecule has 0 bridgehead atoms. The van der Waals surface area contributed by atoms with Gasteiger partial charge in [-0.2, -0.15) is 0 Å². The first kappa shape index (κ1) is 24.4. The van der Waals surface area contributed by atoms with Crippen LogP contribution in [0.2, 0.25) is 0 Å². The number of non-ortho nitro benzene ring substituents is 1. The Hall–Kier alpha value is -4.97. The van der Waals surface area contributed by atoms with Gasteiger partial charge in [0.25, 0.3) is 11.5 Å². The number of nitro groups is 1. The summed E-state index contributed by atoms with van der Waals surface area (Å²) in [6.45, 7) is 0.696. The minimum atomic E-state index is -1.18. The van der Waals surface area contributed by atoms with Gasteiger partial charge in [-0.15, -0.1) is 0 Å². The van der Waals surface area contributed by atoms with Gasteiger partial charge in [0.2, 0.25) is 0 Å². The number of carbonyl (C=O) groups is 2. The van der Waals surface area contributed by atoms with E-state index in [1.807, 2.05) is 0 Å². The molecular weight excluding hydrogens is 526 g/mol. The van der Waals surface area contributed by atoms with Crippen LogP contribution >= 0.6 is 11.3 Å². The second-order valence-electron chi connectivity index (χ2n) is 8.71. The summed E-state index contributed by atoms with van der Waals surface area (Å²) >= 11 is 1.15. The lowest BCUT2D eigenvalue weighted by Gasteiger charge is -2.23. The highest BCUT2D eigenvalue weighted by Gasteiger charge is 2.48. The number of carbonyl (C=O) groups excluding carboxylic acids is 2. The van der Waals surface area contributed by atoms with Crippen LogP contribution in [0.3, 0.4) is 0 Å². The van der Waals surface area contributed by atoms with Gasteiger partial charge in [-0.3, -0.25) is 24.6 Å². The largest absolute Gasteiger partial charge is 0.507 e. The summed E-state index contributed by atoms with van der Waals surface area (Å²) in [5.41, 5.74) is 0.601. The zero-order chi connectivity index (χ0) is 27.3. The maximum atomic E-state index is 13.5. The van der Waals surface area contributed by atoms with E-state index in [1.165, 1.54) is 36.3 Å². The summed E-state index contributed by atoms with van der Waals surface area (Å²) in [4.78, 5) is 43.7. The van der Waals surface area contributed by atoms with Gasteiger partial charge in [-0.05, 0) is 42.0 Å². The van der Waals surface area contributed by atoms with Gasteiger partial charge in [0.15, 0.2) is 16.6 Å². The monoisotopic (exact) mass is 545 g/mol. The highest BCUT2D eigenvalue weighted by atomic mass is 32.1. The molecule has 1 amide bonds. The smallest absolute Gasteiger partial charge is 0.301 e. The lowest BCUT2D eigenvalue weighted by Crippen LogP contribution is -2.29. The highest BCUT2D eigenvalue weighted by Crippen LogP contribution is 2.45. The topological polar surface area (TPSA) is 141 Å². The van der Waals surface area contributed by atoms with Crippen molar-refractivity contribution in [2.45, 2.75) is 6.04 Å². The van der Waals surface area contributed by atoms with Crippen molar-refractivity contribution in [3.63, 3.8) is 0 Å². The van der Waals surface area contributed by atoms with E-state index in [0.717, 1.165) is 11.3 Å². The second-order valence-corrected chi connectivity index (χ2v) is 9.72. The molecule has 39 heavy (non-hydrogen) atoms. The Morgan fingerprint density at radius 2 is 1.90 bits per heavy atom. The third-order valence-corrected chi connectivity index (χ3v) is 7.46. The third-order valence-electron chi connectivity index (χ3n) is 6.45. The number of aliphatic hydroxyl groups excluding tert-OH is 1. The fourth-order valence-electron chi connectivity index (χ4n) is 4.62. The van der Waals surface area contributed by atoms with Crippen molar-refractivity contribution < 1.29 is 33.8 Å². The molecule has 2 aliphatic rings. The van der Waals surface area contributed by atoms with Crippen molar-refractivity contribution in [3.8, 4) is 17.2 Å². The molecule has 0 aliphatic carbocycles. The molecule has 0 unspecified atom stereocenters. The number of ketones is 1. The van der Waals surface area contributed by atoms with E-state index >= 15 is 0 Å². The molecule has 0 spiro atoms. The molecule has 11 nitrogen and oxygen atoms in total. The number of nitrogens with zero attached hydrogens (tertiary/aromatic N) is 3. The van der Waals surface area contributed by atoms with Gasteiger partial charge < -0.3 is 19.3 Å². The van der Waals surface area contributed by atoms with E-state index in [-0.39, 0.29) is 27.5 Å². The average molecular weight is 546 g/mol. The van der Waals surface area contributed by atoms with Crippen LogP contribution in [0.4, 0.5) is 10.8 Å². The number of Topliss-reactive ketones (excluding diaryl/α,β-unsaturated/α-hetero) is 1. The molecule has 3 heterocycles. The molecule has 196 valence electrons. The molecule has 1 N–H and O–H groups in total. The Balaban J connectivity index is 1.55. The predicted octanol–water partition coefficient (Wildman–Crippen LogP) is 4.61. The Labute approximate surface area is 224 Å². The second kappa shape index (κ2) is 9.40. The van der Waals surface area contributed by atoms with Crippen LogP contribution in [-0.4, -0.2) is 47.0 Å². The number of aromatic nitrogens is 1. The van der Waals surface area contributed by atoms with Gasteiger partial charge in [0.1, 0.15) is 24.7 Å². The number of rotatable bonds is 5. The van der Waals surface area contributed by atoms with Gasteiger partial charge in [-0.1, -0.05) is 23.5 Å². The van der Waals surface area contributed by atoms with Crippen molar-refractivity contribution in [2.24, 2.45) is 0 Å². The average Bonchev–Trinajstić information content (AvgIpc) is 3.49. The summed E-state index contributed by atoms with van der Waals surface area (Å²) in [6, 6.07) is 14.3. The molecule has 0 saturated carbocycles. The van der Waals surface area contributed by atoms with Crippen LogP contribution in [0.25, 0.3) is 16.0 Å². The van der Waals surface area contributed by atoms with Crippen molar-refractivity contribution in [3.05, 3.63) is 87.5 Å². The first-order chi connectivity index (χ1) is 18.9. The Kier molecular flexibility index (Phi) is 5.88. The van der Waals surface area contributed by atoms with E-state index in [1.54, 1.807) is 36.4 Å². The molecule has 1 fully saturated rings. The number of aliphatic hydroxyl groups is 1. The molecule has 3 aromatic carbocycles. The van der Waals surface area contributed by atoms with Crippen LogP contribution in [0.5, 0.6) is 17.2 Å². The number of amides is 1. The van der Waals surface area contributed by atoms with E-state index < -0.39 is 28.4 Å². The van der Waals surface area contributed by atoms with Crippen LogP contribution in [0.15, 0.2) is 66.2 Å². The van der Waals surface area contributed by atoms with Crippen LogP contribution in [0.1, 0.15) is 17.2 Å². The lowest BCUT2D eigenvalue weighted by atomic mass is 9.95. The van der Waals surface area contributed by atoms with Crippen LogP contribution in [0, 0.1) is 10.1 Å². The summed E-state index contributed by atoms with van der Waals surface area (Å²) in [6.07, 6.45) is 0. The Morgan fingerprint density at radius 3 is 2.67 bits per heavy atom. The zero-order valence-corrected chi connectivity index (χ0v) is 21.1. The van der Waals surface area contributed by atoms with E-state index in [9.17, 15) is 24.8 Å². The molecule has 6 rings (SSSR count). The maximum absolute atomic E-state index is 13.5. The van der Waals surface area contributed by atoms with E-state index in [0.29, 0.717) is 40.7 Å². The highest BCUT2D eigenvalue weighted by molar-refractivity contribution is 7.22. The number of thiazole rings is 1. The van der Waals surface area contributed by atoms with Crippen molar-refractivity contribution in [1.29, 1.82) is 0 Å². The summed E-state index contributed by atoms with van der Waals surface area (Å²) in [5.74, 6) is -0.863. The zero-order valence-electron chi connectivity index (χ0n) is 20.3. The molecule has 2 aliphatic heterocycles. The first-order valence-corrected chi connectivity index (χ1v) is 12.6. The first-order valence-electron chi connectivity index (χ1n) is 11.8. The van der Waals surface area contributed by atoms with Crippen molar-refractivity contribution in [2.75, 3.05) is 25.2 Å². The minimum Gasteiger partial charge on any atom is -0.507 e. The van der Waals surface area contributed by atoms with Crippen LogP contribution in [-0.2, 0) is 9.59 Å². The summed E-state index contributed by atoms with van der Waals surface area (Å²) < 4.78 is 17.1. The van der Waals surface area contributed by atoms with E-state index in [2.05, 4.69) is 4.98 Å². The molecule has 0 radical (unpaired) electrons. The number of fused-ring (bicyclic) bond motifs is 2. The molecule has 1 saturated heterocycles. The van der Waals surface area contributed by atoms with Crippen molar-refractivity contribution >= 4 is 49.8 Å². The van der Waals surface area contributed by atoms with Gasteiger partial charge >= 0.3 is 5.91 Å². The van der Waals surface area contributed by atoms with Crippen molar-refractivity contribution in [1.82, 2.24) is 4.98 Å². The number of ether oxygens (including phenoxy) is 3. The lowest BCUT2D eigenvalue weighted by molar-refractivity contribution is -0.384. The fourth-order valence-corrected chi connectivity index (χ4v) is 5.64. The normalized spacial score (nSPS) is 18.0. The standard InChI is InChI=1S/C27H19N3O8S/c1-36-17-6-7-18-21(13-17)39-27(28-18)29-23(14-3-2-4-16(11-14)30(34)35)22(25(32)26(29)33)24(31)15-5-8-19-20(12-15)38-10-9-37-19/h2-8,11-13,23,31H,9-10H2,1H3/b24-22+/t23-/m1/s1. The molecular formula is C27H19N3O8S. The number of methoxy groups -OCH3 is 1.